The van der Waals surface area contributed by atoms with Crippen LogP contribution in [0, 0.1) is 0 Å². The average molecular weight is 557 g/mol. The first-order chi connectivity index (χ1) is 18.9. The number of amides is 4. The number of halogens is 1. The minimum absolute atomic E-state index is 0.0634. The highest BCUT2D eigenvalue weighted by Gasteiger charge is 2.25. The molecule has 0 saturated carbocycles. The van der Waals surface area contributed by atoms with Gasteiger partial charge in [0.15, 0.2) is 0 Å². The van der Waals surface area contributed by atoms with E-state index >= 15 is 0 Å². The van der Waals surface area contributed by atoms with Crippen molar-refractivity contribution in [3.8, 4) is 0 Å². The summed E-state index contributed by atoms with van der Waals surface area (Å²) in [5.41, 5.74) is 1.04. The van der Waals surface area contributed by atoms with Crippen molar-refractivity contribution in [2.24, 2.45) is 0 Å². The highest BCUT2D eigenvalue weighted by Crippen LogP contribution is 2.21. The molecule has 2 aliphatic heterocycles. The molecule has 3 heterocycles. The molecule has 0 aliphatic carbocycles. The number of pyridine rings is 1. The summed E-state index contributed by atoms with van der Waals surface area (Å²) in [5, 5.41) is 8.56. The Labute approximate surface area is 232 Å². The summed E-state index contributed by atoms with van der Waals surface area (Å²) < 4.78 is 5.34. The largest absolute Gasteiger partial charge is 0.379 e. The molecule has 1 aromatic carbocycles. The third kappa shape index (κ3) is 8.47. The molecule has 0 unspecified atom stereocenters. The maximum Gasteiger partial charge on any atom is 0.251 e. The maximum absolute atomic E-state index is 13.1. The van der Waals surface area contributed by atoms with Crippen LogP contribution in [0.4, 0.5) is 11.5 Å². The van der Waals surface area contributed by atoms with Gasteiger partial charge >= 0.3 is 0 Å². The zero-order valence-corrected chi connectivity index (χ0v) is 22.4. The van der Waals surface area contributed by atoms with Gasteiger partial charge in [-0.3, -0.25) is 24.1 Å². The molecule has 1 atom stereocenters. The Hall–Kier alpha value is -3.54. The maximum atomic E-state index is 13.1. The quantitative estimate of drug-likeness (QED) is 0.406. The van der Waals surface area contributed by atoms with Crippen LogP contribution in [0.25, 0.3) is 0 Å². The Morgan fingerprint density at radius 1 is 1.03 bits per heavy atom. The number of carbonyl (C=O) groups excluding carboxylic acids is 4. The molecule has 3 N–H and O–H groups in total. The van der Waals surface area contributed by atoms with E-state index in [1.807, 2.05) is 0 Å². The Balaban J connectivity index is 1.39. The van der Waals surface area contributed by atoms with Gasteiger partial charge < -0.3 is 25.6 Å². The lowest BCUT2D eigenvalue weighted by Gasteiger charge is -2.27. The molecule has 2 fully saturated rings. The molecule has 1 aromatic heterocycles. The Kier molecular flexibility index (Phi) is 10.2. The number of carbonyl (C=O) groups is 4. The van der Waals surface area contributed by atoms with E-state index in [9.17, 15) is 19.2 Å². The number of ether oxygens (including phenoxy) is 1. The second-order valence-electron chi connectivity index (χ2n) is 9.43. The second-order valence-corrected chi connectivity index (χ2v) is 9.87. The first-order valence-electron chi connectivity index (χ1n) is 13.1. The summed E-state index contributed by atoms with van der Waals surface area (Å²) in [6.07, 6.45) is 3.44. The lowest BCUT2D eigenvalue weighted by atomic mass is 10.1. The van der Waals surface area contributed by atoms with Crippen LogP contribution in [0.5, 0.6) is 0 Å². The van der Waals surface area contributed by atoms with E-state index in [-0.39, 0.29) is 18.1 Å². The minimum atomic E-state index is -1.11. The lowest BCUT2D eigenvalue weighted by molar-refractivity contribution is -0.126. The number of hydrogen-bond donors (Lipinski definition) is 3. The van der Waals surface area contributed by atoms with Gasteiger partial charge in [0.2, 0.25) is 17.7 Å². The smallest absolute Gasteiger partial charge is 0.251 e. The van der Waals surface area contributed by atoms with Crippen molar-refractivity contribution in [3.63, 3.8) is 0 Å². The molecule has 0 radical (unpaired) electrons. The average Bonchev–Trinajstić information content (AvgIpc) is 2.95. The van der Waals surface area contributed by atoms with Crippen LogP contribution in [0.15, 0.2) is 42.6 Å². The molecular weight excluding hydrogens is 524 g/mol. The number of hydrogen-bond acceptors (Lipinski definition) is 7. The topological polar surface area (TPSA) is 133 Å². The normalized spacial score (nSPS) is 16.8. The van der Waals surface area contributed by atoms with Crippen molar-refractivity contribution in [1.82, 2.24) is 20.5 Å². The van der Waals surface area contributed by atoms with Crippen molar-refractivity contribution in [2.45, 2.75) is 31.7 Å². The number of benzene rings is 1. The first-order valence-corrected chi connectivity index (χ1v) is 13.5. The van der Waals surface area contributed by atoms with E-state index in [0.29, 0.717) is 49.9 Å². The molecule has 11 nitrogen and oxygen atoms in total. The van der Waals surface area contributed by atoms with Crippen LogP contribution < -0.4 is 20.9 Å². The van der Waals surface area contributed by atoms with Crippen LogP contribution in [-0.2, 0) is 19.1 Å². The van der Waals surface area contributed by atoms with E-state index in [2.05, 4.69) is 25.8 Å². The summed E-state index contributed by atoms with van der Waals surface area (Å²) in [6, 6.07) is 8.67. The van der Waals surface area contributed by atoms with Gasteiger partial charge in [0.1, 0.15) is 11.9 Å². The molecule has 39 heavy (non-hydrogen) atoms. The molecule has 2 aromatic rings. The number of nitrogens with one attached hydrogen (secondary N) is 3. The van der Waals surface area contributed by atoms with Gasteiger partial charge in [-0.1, -0.05) is 11.6 Å². The number of aromatic nitrogens is 1. The van der Waals surface area contributed by atoms with Crippen LogP contribution in [0.1, 0.15) is 36.0 Å². The predicted molar refractivity (Wildman–Crippen MR) is 147 cm³/mol. The monoisotopic (exact) mass is 556 g/mol. The van der Waals surface area contributed by atoms with Gasteiger partial charge in [-0.25, -0.2) is 4.98 Å². The fourth-order valence-corrected chi connectivity index (χ4v) is 4.55. The van der Waals surface area contributed by atoms with E-state index in [1.54, 1.807) is 41.3 Å². The van der Waals surface area contributed by atoms with E-state index in [0.717, 1.165) is 31.6 Å². The summed E-state index contributed by atoms with van der Waals surface area (Å²) in [4.78, 5) is 59.0. The lowest BCUT2D eigenvalue weighted by Crippen LogP contribution is -2.50. The van der Waals surface area contributed by atoms with Gasteiger partial charge in [-0.15, -0.1) is 0 Å². The van der Waals surface area contributed by atoms with Crippen molar-refractivity contribution in [1.29, 1.82) is 0 Å². The van der Waals surface area contributed by atoms with E-state index in [4.69, 9.17) is 16.3 Å². The van der Waals surface area contributed by atoms with Crippen molar-refractivity contribution in [3.05, 3.63) is 53.2 Å². The van der Waals surface area contributed by atoms with Gasteiger partial charge in [0.05, 0.1) is 24.7 Å². The molecule has 2 saturated heterocycles. The SMILES string of the molecule is O=C(C[C@H](NC(=O)c1ccc(N2CCCCC2=O)cc1)C(=O)NCCN1CCOCC1)Nc1ccc(Cl)cn1. The third-order valence-corrected chi connectivity index (χ3v) is 6.83. The number of rotatable bonds is 10. The molecule has 0 bridgehead atoms. The van der Waals surface area contributed by atoms with Crippen molar-refractivity contribution < 1.29 is 23.9 Å². The van der Waals surface area contributed by atoms with Crippen LogP contribution >= 0.6 is 11.6 Å². The third-order valence-electron chi connectivity index (χ3n) is 6.60. The van der Waals surface area contributed by atoms with Gasteiger partial charge in [-0.05, 0) is 49.2 Å². The van der Waals surface area contributed by atoms with E-state index < -0.39 is 23.8 Å². The fourth-order valence-electron chi connectivity index (χ4n) is 4.44. The Morgan fingerprint density at radius 2 is 1.79 bits per heavy atom. The molecule has 12 heteroatoms. The zero-order chi connectivity index (χ0) is 27.6. The molecule has 0 spiro atoms. The molecule has 2 aliphatic rings. The zero-order valence-electron chi connectivity index (χ0n) is 21.7. The fraction of sp³-hybridized carbons (Fsp3) is 0.444. The highest BCUT2D eigenvalue weighted by molar-refractivity contribution is 6.30. The first kappa shape index (κ1) is 28.5. The highest BCUT2D eigenvalue weighted by atomic mass is 35.5. The molecular formula is C27H33ClN6O5. The van der Waals surface area contributed by atoms with Gasteiger partial charge in [-0.2, -0.15) is 0 Å². The summed E-state index contributed by atoms with van der Waals surface area (Å²) in [6.45, 7) is 4.51. The Bertz CT molecular complexity index is 1150. The van der Waals surface area contributed by atoms with Crippen LogP contribution in [0.2, 0.25) is 5.02 Å². The molecule has 208 valence electrons. The van der Waals surface area contributed by atoms with E-state index in [1.165, 1.54) is 6.20 Å². The number of piperidine rings is 1. The minimum Gasteiger partial charge on any atom is -0.379 e. The second kappa shape index (κ2) is 14.0. The Morgan fingerprint density at radius 3 is 2.49 bits per heavy atom. The standard InChI is InChI=1S/C27H33ClN6O5/c28-20-6-9-23(30-18-20)32-24(35)17-22(27(38)29-10-12-33-13-15-39-16-14-33)31-26(37)19-4-7-21(8-5-19)34-11-2-1-3-25(34)36/h4-9,18,22H,1-3,10-17H2,(H,29,38)(H,31,37)(H,30,32,35)/t22-/m0/s1. The van der Waals surface area contributed by atoms with Gasteiger partial charge in [0, 0.05) is 56.6 Å². The number of morpholine rings is 1. The van der Waals surface area contributed by atoms with Crippen molar-refractivity contribution in [2.75, 3.05) is 56.2 Å². The summed E-state index contributed by atoms with van der Waals surface area (Å²) in [7, 11) is 0. The van der Waals surface area contributed by atoms with Gasteiger partial charge in [0.25, 0.3) is 5.91 Å². The molecule has 4 amide bonds. The summed E-state index contributed by atoms with van der Waals surface area (Å²) >= 11 is 5.85. The van der Waals surface area contributed by atoms with Crippen molar-refractivity contribution >= 4 is 46.7 Å². The molecule has 4 rings (SSSR count). The van der Waals surface area contributed by atoms with Crippen LogP contribution in [-0.4, -0.2) is 85.5 Å². The number of anilines is 2. The number of nitrogens with zero attached hydrogens (tertiary/aromatic N) is 3. The summed E-state index contributed by atoms with van der Waals surface area (Å²) in [5.74, 6) is -1.11. The van der Waals surface area contributed by atoms with Crippen LogP contribution in [0.3, 0.4) is 0 Å². The predicted octanol–water partition coefficient (Wildman–Crippen LogP) is 1.83.